The Morgan fingerprint density at radius 1 is 1.37 bits per heavy atom. The van der Waals surface area contributed by atoms with Gasteiger partial charge in [-0.1, -0.05) is 53.3 Å². The molecule has 0 bridgehead atoms. The van der Waals surface area contributed by atoms with Crippen LogP contribution >= 0.6 is 22.9 Å². The van der Waals surface area contributed by atoms with Gasteiger partial charge in [-0.15, -0.1) is 0 Å². The van der Waals surface area contributed by atoms with Gasteiger partial charge in [-0.25, -0.2) is 4.79 Å². The van der Waals surface area contributed by atoms with Crippen LogP contribution in [0.25, 0.3) is 0 Å². The van der Waals surface area contributed by atoms with E-state index in [0.29, 0.717) is 11.7 Å². The summed E-state index contributed by atoms with van der Waals surface area (Å²) in [5.41, 5.74) is 0.964. The van der Waals surface area contributed by atoms with Crippen molar-refractivity contribution >= 4 is 28.9 Å². The molecular weight excluding hydrogens is 288 g/mol. The zero-order valence-electron chi connectivity index (χ0n) is 10.1. The summed E-state index contributed by atoms with van der Waals surface area (Å²) < 4.78 is 10.0. The third kappa shape index (κ3) is 3.00. The maximum atomic E-state index is 11.4. The van der Waals surface area contributed by atoms with Gasteiger partial charge in [0.2, 0.25) is 0 Å². The van der Waals surface area contributed by atoms with Crippen molar-refractivity contribution < 1.29 is 19.4 Å². The lowest BCUT2D eigenvalue weighted by Crippen LogP contribution is -1.97. The lowest BCUT2D eigenvalue weighted by atomic mass is 10.2. The number of carbonyl (C=O) groups excluding carboxylic acids is 1. The average molecular weight is 299 g/mol. The van der Waals surface area contributed by atoms with Crippen molar-refractivity contribution in [3.63, 3.8) is 0 Å². The van der Waals surface area contributed by atoms with E-state index in [0.717, 1.165) is 16.9 Å². The molecule has 0 amide bonds. The van der Waals surface area contributed by atoms with Crippen LogP contribution < -0.4 is 4.74 Å². The smallest absolute Gasteiger partial charge is 0.352 e. The van der Waals surface area contributed by atoms with Crippen molar-refractivity contribution in [1.82, 2.24) is 0 Å². The topological polar surface area (TPSA) is 55.8 Å². The van der Waals surface area contributed by atoms with Gasteiger partial charge in [0.25, 0.3) is 0 Å². The molecule has 0 atom stereocenters. The van der Waals surface area contributed by atoms with Crippen LogP contribution in [-0.2, 0) is 11.3 Å². The van der Waals surface area contributed by atoms with E-state index in [4.69, 9.17) is 16.3 Å². The summed E-state index contributed by atoms with van der Waals surface area (Å²) in [6.45, 7) is 0.307. The van der Waals surface area contributed by atoms with Gasteiger partial charge >= 0.3 is 5.97 Å². The summed E-state index contributed by atoms with van der Waals surface area (Å²) in [6, 6.07) is 9.51. The highest BCUT2D eigenvalue weighted by molar-refractivity contribution is 7.16. The van der Waals surface area contributed by atoms with Gasteiger partial charge in [-0.3, -0.25) is 0 Å². The van der Waals surface area contributed by atoms with Crippen molar-refractivity contribution in [2.24, 2.45) is 0 Å². The van der Waals surface area contributed by atoms with Crippen LogP contribution in [0.3, 0.4) is 0 Å². The van der Waals surface area contributed by atoms with Crippen LogP contribution in [0.5, 0.6) is 10.8 Å². The number of benzene rings is 1. The molecule has 2 aromatic rings. The molecule has 0 spiro atoms. The van der Waals surface area contributed by atoms with Gasteiger partial charge in [0.1, 0.15) is 11.6 Å². The Morgan fingerprint density at radius 3 is 2.68 bits per heavy atom. The number of thiophene rings is 1. The van der Waals surface area contributed by atoms with Gasteiger partial charge < -0.3 is 14.6 Å². The predicted octanol–water partition coefficient (Wildman–Crippen LogP) is 3.47. The fourth-order valence-corrected chi connectivity index (χ4v) is 2.60. The molecule has 0 saturated heterocycles. The third-order valence-corrected chi connectivity index (χ3v) is 3.91. The zero-order chi connectivity index (χ0) is 13.8. The van der Waals surface area contributed by atoms with E-state index in [-0.39, 0.29) is 15.6 Å². The Hall–Kier alpha value is -1.72. The van der Waals surface area contributed by atoms with E-state index in [2.05, 4.69) is 4.74 Å². The molecule has 1 aromatic heterocycles. The summed E-state index contributed by atoms with van der Waals surface area (Å²) >= 11 is 6.87. The first-order valence-electron chi connectivity index (χ1n) is 5.39. The quantitative estimate of drug-likeness (QED) is 0.878. The number of carbonyl (C=O) groups is 1. The number of halogens is 1. The van der Waals surface area contributed by atoms with Gasteiger partial charge in [0.15, 0.2) is 15.7 Å². The van der Waals surface area contributed by atoms with Crippen LogP contribution in [0.2, 0.25) is 5.02 Å². The Labute approximate surface area is 119 Å². The first kappa shape index (κ1) is 13.7. The van der Waals surface area contributed by atoms with Crippen molar-refractivity contribution in [3.8, 4) is 10.8 Å². The van der Waals surface area contributed by atoms with Crippen LogP contribution in [0, 0.1) is 0 Å². The standard InChI is InChI=1S/C13H11ClO4S/c1-17-12(16)11-10(15)9(14)13(19-11)18-7-8-5-3-2-4-6-8/h2-6,15H,7H2,1H3. The lowest BCUT2D eigenvalue weighted by molar-refractivity contribution is 0.0603. The summed E-state index contributed by atoms with van der Waals surface area (Å²) in [5, 5.41) is 10.0. The van der Waals surface area contributed by atoms with Gasteiger partial charge in [0.05, 0.1) is 7.11 Å². The molecule has 4 nitrogen and oxygen atoms in total. The minimum atomic E-state index is -0.640. The maximum absolute atomic E-state index is 11.4. The third-order valence-electron chi connectivity index (χ3n) is 2.38. The Kier molecular flexibility index (Phi) is 4.29. The molecule has 0 radical (unpaired) electrons. The largest absolute Gasteiger partial charge is 0.505 e. The van der Waals surface area contributed by atoms with Crippen molar-refractivity contribution in [3.05, 3.63) is 45.8 Å². The molecule has 0 unspecified atom stereocenters. The molecule has 100 valence electrons. The van der Waals surface area contributed by atoms with E-state index in [1.165, 1.54) is 7.11 Å². The molecule has 1 aromatic carbocycles. The molecule has 0 fully saturated rings. The van der Waals surface area contributed by atoms with Crippen molar-refractivity contribution in [2.75, 3.05) is 7.11 Å². The molecule has 6 heteroatoms. The SMILES string of the molecule is COC(=O)c1sc(OCc2ccccc2)c(Cl)c1O. The van der Waals surface area contributed by atoms with Crippen LogP contribution in [0.4, 0.5) is 0 Å². The Bertz CT molecular complexity index is 580. The maximum Gasteiger partial charge on any atom is 0.352 e. The molecule has 1 heterocycles. The summed E-state index contributed by atoms with van der Waals surface area (Å²) in [5.74, 6) is -0.944. The van der Waals surface area contributed by atoms with Crippen LogP contribution in [0.1, 0.15) is 15.2 Å². The van der Waals surface area contributed by atoms with Gasteiger partial charge in [0, 0.05) is 0 Å². The van der Waals surface area contributed by atoms with E-state index in [9.17, 15) is 9.90 Å². The molecule has 0 saturated carbocycles. The normalized spacial score (nSPS) is 10.2. The average Bonchev–Trinajstić information content (AvgIpc) is 2.73. The van der Waals surface area contributed by atoms with E-state index < -0.39 is 5.97 Å². The monoisotopic (exact) mass is 298 g/mol. The first-order chi connectivity index (χ1) is 9.13. The molecule has 2 rings (SSSR count). The second kappa shape index (κ2) is 5.95. The highest BCUT2D eigenvalue weighted by Crippen LogP contribution is 2.44. The molecule has 1 N–H and O–H groups in total. The minimum absolute atomic E-state index is 0.0290. The second-order valence-electron chi connectivity index (χ2n) is 3.65. The predicted molar refractivity (Wildman–Crippen MR) is 73.1 cm³/mol. The lowest BCUT2D eigenvalue weighted by Gasteiger charge is -2.03. The molecule has 0 aliphatic carbocycles. The summed E-state index contributed by atoms with van der Waals surface area (Å²) in [7, 11) is 1.24. The van der Waals surface area contributed by atoms with Gasteiger partial charge in [-0.05, 0) is 5.56 Å². The van der Waals surface area contributed by atoms with Crippen LogP contribution in [-0.4, -0.2) is 18.2 Å². The van der Waals surface area contributed by atoms with E-state index in [1.807, 2.05) is 30.3 Å². The van der Waals surface area contributed by atoms with Crippen molar-refractivity contribution in [2.45, 2.75) is 6.61 Å². The van der Waals surface area contributed by atoms with Gasteiger partial charge in [-0.2, -0.15) is 0 Å². The number of esters is 1. The molecule has 19 heavy (non-hydrogen) atoms. The second-order valence-corrected chi connectivity index (χ2v) is 5.01. The van der Waals surface area contributed by atoms with Crippen LogP contribution in [0.15, 0.2) is 30.3 Å². The number of aromatic hydroxyl groups is 1. The Morgan fingerprint density at radius 2 is 2.05 bits per heavy atom. The fourth-order valence-electron chi connectivity index (χ4n) is 1.43. The van der Waals surface area contributed by atoms with E-state index in [1.54, 1.807) is 0 Å². The minimum Gasteiger partial charge on any atom is -0.505 e. The zero-order valence-corrected chi connectivity index (χ0v) is 11.6. The number of hydrogen-bond acceptors (Lipinski definition) is 5. The van der Waals surface area contributed by atoms with E-state index >= 15 is 0 Å². The summed E-state index contributed by atoms with van der Waals surface area (Å²) in [4.78, 5) is 11.4. The van der Waals surface area contributed by atoms with Crippen molar-refractivity contribution in [1.29, 1.82) is 0 Å². The molecule has 0 aliphatic heterocycles. The number of ether oxygens (including phenoxy) is 2. The number of hydrogen-bond donors (Lipinski definition) is 1. The summed E-state index contributed by atoms with van der Waals surface area (Å²) in [6.07, 6.45) is 0. The highest BCUT2D eigenvalue weighted by atomic mass is 35.5. The fraction of sp³-hybridized carbons (Fsp3) is 0.154. The highest BCUT2D eigenvalue weighted by Gasteiger charge is 2.23. The Balaban J connectivity index is 2.15. The first-order valence-corrected chi connectivity index (χ1v) is 6.59. The number of methoxy groups -OCH3 is 1. The molecular formula is C13H11ClO4S. The number of rotatable bonds is 4. The molecule has 0 aliphatic rings.